The van der Waals surface area contributed by atoms with Gasteiger partial charge in [-0.2, -0.15) is 0 Å². The zero-order chi connectivity index (χ0) is 15.7. The first kappa shape index (κ1) is 36.7. The van der Waals surface area contributed by atoms with Gasteiger partial charge in [-0.1, -0.05) is 0 Å². The molecule has 0 amide bonds. The summed E-state index contributed by atoms with van der Waals surface area (Å²) in [5.41, 5.74) is 0. The van der Waals surface area contributed by atoms with Crippen molar-refractivity contribution in [1.82, 2.24) is 10.6 Å². The van der Waals surface area contributed by atoms with E-state index in [0.717, 1.165) is 0 Å². The molecule has 0 aliphatic rings. The fourth-order valence-corrected chi connectivity index (χ4v) is 1.30. The molecule has 0 aliphatic carbocycles. The molecule has 0 rings (SSSR count). The second kappa shape index (κ2) is 21.1. The summed E-state index contributed by atoms with van der Waals surface area (Å²) in [4.78, 5) is 41.6. The fourth-order valence-electron chi connectivity index (χ4n) is 1.30. The van der Waals surface area contributed by atoms with Gasteiger partial charge in [0.2, 0.25) is 0 Å². The minimum Gasteiger partial charge on any atom is -0.550 e. The molecule has 0 saturated carbocycles. The molecule has 0 aliphatic heterocycles. The number of carbonyl (C=O) groups excluding carboxylic acids is 4. The third kappa shape index (κ3) is 20.1. The van der Waals surface area contributed by atoms with Gasteiger partial charge in [-0.3, -0.25) is 0 Å². The molecule has 0 aromatic carbocycles. The summed E-state index contributed by atoms with van der Waals surface area (Å²) in [7, 11) is 0. The molecule has 24 heavy (non-hydrogen) atoms. The van der Waals surface area contributed by atoms with Crippen LogP contribution in [0, 0.1) is 0 Å². The molecule has 0 radical (unpaired) electrons. The Kier molecular flexibility index (Phi) is 32.3. The Morgan fingerprint density at radius 3 is 1.04 bits per heavy atom. The van der Waals surface area contributed by atoms with Crippen molar-refractivity contribution in [3.05, 3.63) is 0 Å². The molecule has 0 aromatic rings. The molecular formula is C10H12N2Na4O8. The number of aliphatic carboxylic acids is 4. The quantitative estimate of drug-likeness (QED) is 0.258. The van der Waals surface area contributed by atoms with Crippen LogP contribution in [-0.4, -0.2) is 49.1 Å². The summed E-state index contributed by atoms with van der Waals surface area (Å²) in [6.07, 6.45) is -1.63. The van der Waals surface area contributed by atoms with Crippen LogP contribution in [0.2, 0.25) is 0 Å². The molecule has 0 heterocycles. The van der Waals surface area contributed by atoms with Crippen molar-refractivity contribution < 1.29 is 158 Å². The maximum absolute atomic E-state index is 10.5. The van der Waals surface area contributed by atoms with Crippen LogP contribution in [0.5, 0.6) is 0 Å². The van der Waals surface area contributed by atoms with E-state index in [-0.39, 0.29) is 131 Å². The Morgan fingerprint density at radius 1 is 0.625 bits per heavy atom. The van der Waals surface area contributed by atoms with Gasteiger partial charge in [0.05, 0.1) is 24.0 Å². The molecule has 0 aromatic heterocycles. The fraction of sp³-hybridized carbons (Fsp3) is 0.600. The van der Waals surface area contributed by atoms with Gasteiger partial charge >= 0.3 is 118 Å². The van der Waals surface area contributed by atoms with E-state index in [4.69, 9.17) is 0 Å². The molecule has 10 nitrogen and oxygen atoms in total. The Morgan fingerprint density at radius 2 is 0.875 bits per heavy atom. The molecule has 0 spiro atoms. The number of carbonyl (C=O) groups is 4. The summed E-state index contributed by atoms with van der Waals surface area (Å²) < 4.78 is 0. The van der Waals surface area contributed by atoms with E-state index in [2.05, 4.69) is 10.6 Å². The van der Waals surface area contributed by atoms with Gasteiger partial charge in [-0.25, -0.2) is 0 Å². The largest absolute Gasteiger partial charge is 1.00 e. The van der Waals surface area contributed by atoms with Crippen molar-refractivity contribution in [1.29, 1.82) is 0 Å². The normalized spacial score (nSPS) is 11.2. The Hall–Kier alpha value is 1.80. The van der Waals surface area contributed by atoms with Gasteiger partial charge in [-0.15, -0.1) is 0 Å². The van der Waals surface area contributed by atoms with Crippen LogP contribution in [0.1, 0.15) is 12.8 Å². The summed E-state index contributed by atoms with van der Waals surface area (Å²) in [5.74, 6) is -6.49. The second-order valence-corrected chi connectivity index (χ2v) is 3.80. The third-order valence-electron chi connectivity index (χ3n) is 2.22. The third-order valence-corrected chi connectivity index (χ3v) is 2.22. The first-order valence-corrected chi connectivity index (χ1v) is 5.52. The average molecular weight is 380 g/mol. The van der Waals surface area contributed by atoms with Crippen molar-refractivity contribution in [3.63, 3.8) is 0 Å². The molecule has 0 saturated heterocycles. The van der Waals surface area contributed by atoms with Crippen molar-refractivity contribution in [2.45, 2.75) is 24.9 Å². The topological polar surface area (TPSA) is 185 Å². The van der Waals surface area contributed by atoms with E-state index in [9.17, 15) is 39.6 Å². The molecule has 114 valence electrons. The van der Waals surface area contributed by atoms with Gasteiger partial charge < -0.3 is 50.2 Å². The summed E-state index contributed by atoms with van der Waals surface area (Å²) >= 11 is 0. The number of carboxylic acid groups (broad SMARTS) is 4. The molecule has 14 heteroatoms. The number of hydrogen-bond acceptors (Lipinski definition) is 10. The van der Waals surface area contributed by atoms with Crippen LogP contribution in [-0.2, 0) is 19.2 Å². The maximum atomic E-state index is 10.5. The van der Waals surface area contributed by atoms with Crippen molar-refractivity contribution in [2.24, 2.45) is 0 Å². The van der Waals surface area contributed by atoms with Crippen molar-refractivity contribution in [2.75, 3.05) is 13.1 Å². The summed E-state index contributed by atoms with van der Waals surface area (Å²) in [5, 5.41) is 46.1. The van der Waals surface area contributed by atoms with E-state index in [0.29, 0.717) is 0 Å². The van der Waals surface area contributed by atoms with Crippen LogP contribution < -0.4 is 149 Å². The average Bonchev–Trinajstić information content (AvgIpc) is 2.29. The van der Waals surface area contributed by atoms with E-state index in [1.165, 1.54) is 0 Å². The van der Waals surface area contributed by atoms with Crippen LogP contribution >= 0.6 is 0 Å². The predicted molar refractivity (Wildman–Crippen MR) is 52.8 cm³/mol. The zero-order valence-electron chi connectivity index (χ0n) is 14.2. The van der Waals surface area contributed by atoms with Crippen molar-refractivity contribution in [3.8, 4) is 0 Å². The van der Waals surface area contributed by atoms with Gasteiger partial charge in [0.15, 0.2) is 0 Å². The van der Waals surface area contributed by atoms with Gasteiger partial charge in [-0.05, 0) is 0 Å². The summed E-state index contributed by atoms with van der Waals surface area (Å²) in [6, 6.07) is -2.99. The number of hydrogen-bond donors (Lipinski definition) is 2. The monoisotopic (exact) mass is 380 g/mol. The molecule has 0 fully saturated rings. The first-order valence-electron chi connectivity index (χ1n) is 5.52. The zero-order valence-corrected chi connectivity index (χ0v) is 22.2. The Balaban J connectivity index is -0.000000301. The number of nitrogens with one attached hydrogen (secondary N) is 2. The van der Waals surface area contributed by atoms with Crippen molar-refractivity contribution >= 4 is 23.9 Å². The molecular weight excluding hydrogens is 368 g/mol. The van der Waals surface area contributed by atoms with E-state index >= 15 is 0 Å². The van der Waals surface area contributed by atoms with E-state index < -0.39 is 48.8 Å². The minimum atomic E-state index is -1.65. The van der Waals surface area contributed by atoms with E-state index in [1.54, 1.807) is 0 Å². The van der Waals surface area contributed by atoms with Crippen LogP contribution in [0.4, 0.5) is 0 Å². The van der Waals surface area contributed by atoms with Gasteiger partial charge in [0, 0.05) is 37.9 Å². The van der Waals surface area contributed by atoms with Gasteiger partial charge in [0.25, 0.3) is 0 Å². The summed E-state index contributed by atoms with van der Waals surface area (Å²) in [6.45, 7) is -0.272. The molecule has 2 atom stereocenters. The SMILES string of the molecule is O=C([O-])CC(NCCN[C@@H](CC(=O)[O-])C(=O)[O-])C(=O)[O-].[Na+].[Na+].[Na+].[Na+]. The van der Waals surface area contributed by atoms with Crippen LogP contribution in [0.25, 0.3) is 0 Å². The predicted octanol–water partition coefficient (Wildman–Crippen LogP) is -19.3. The molecule has 0 bridgehead atoms. The first-order chi connectivity index (χ1) is 9.23. The minimum absolute atomic E-state index is 0. The number of carboxylic acids is 4. The van der Waals surface area contributed by atoms with E-state index in [1.807, 2.05) is 0 Å². The Labute approximate surface area is 227 Å². The maximum Gasteiger partial charge on any atom is 1.00 e. The number of rotatable bonds is 11. The molecule has 2 N–H and O–H groups in total. The Bertz CT molecular complexity index is 363. The van der Waals surface area contributed by atoms with Crippen LogP contribution in [0.15, 0.2) is 0 Å². The van der Waals surface area contributed by atoms with Gasteiger partial charge in [0.1, 0.15) is 0 Å². The van der Waals surface area contributed by atoms with Crippen LogP contribution in [0.3, 0.4) is 0 Å². The molecule has 1 unspecified atom stereocenters. The second-order valence-electron chi connectivity index (χ2n) is 3.80. The standard InChI is InChI=1S/C10H16N2O8.4Na/c13-7(14)3-5(9(17)18)11-1-2-12-6(10(19)20)4-8(15)16;;;;/h5-6,11-12H,1-4H2,(H,13,14)(H,15,16)(H,17,18)(H,19,20);;;;/q;4*+1/p-4/t5-,6?;;;;/m0..../s1. The smallest absolute Gasteiger partial charge is 0.550 e.